The molecule has 0 spiro atoms. The van der Waals surface area contributed by atoms with Crippen molar-refractivity contribution in [3.63, 3.8) is 0 Å². The first kappa shape index (κ1) is 14.3. The van der Waals surface area contributed by atoms with Gasteiger partial charge in [0.2, 0.25) is 9.05 Å². The Labute approximate surface area is 102 Å². The van der Waals surface area contributed by atoms with Gasteiger partial charge in [-0.15, -0.1) is 0 Å². The second-order valence-electron chi connectivity index (χ2n) is 3.76. The van der Waals surface area contributed by atoms with E-state index in [2.05, 4.69) is 0 Å². The minimum Gasteiger partial charge on any atom is -0.211 e. The van der Waals surface area contributed by atoms with Gasteiger partial charge in [-0.25, -0.2) is 8.42 Å². The van der Waals surface area contributed by atoms with Gasteiger partial charge in [0.05, 0.1) is 0 Å². The zero-order valence-electron chi connectivity index (χ0n) is 9.05. The Balaban J connectivity index is 3.49. The molecule has 0 radical (unpaired) electrons. The summed E-state index contributed by atoms with van der Waals surface area (Å²) in [6.45, 7) is 2.99. The van der Waals surface area contributed by atoms with Gasteiger partial charge < -0.3 is 0 Å². The lowest BCUT2D eigenvalue weighted by Crippen LogP contribution is -2.26. The van der Waals surface area contributed by atoms with Crippen molar-refractivity contribution in [2.24, 2.45) is 0 Å². The molecule has 96 valence electrons. The zero-order chi connectivity index (χ0) is 13.4. The third kappa shape index (κ3) is 3.35. The molecule has 7 heteroatoms. The highest BCUT2D eigenvalue weighted by Crippen LogP contribution is 2.42. The molecule has 0 heterocycles. The molecule has 0 amide bonds. The third-order valence-corrected chi connectivity index (χ3v) is 3.91. The van der Waals surface area contributed by atoms with Crippen LogP contribution in [0.4, 0.5) is 13.2 Å². The number of rotatable bonds is 2. The largest absolute Gasteiger partial charge is 0.410 e. The average molecular weight is 287 g/mol. The highest BCUT2D eigenvalue weighted by Gasteiger charge is 2.49. The molecule has 0 aliphatic rings. The van der Waals surface area contributed by atoms with Crippen molar-refractivity contribution in [1.29, 1.82) is 0 Å². The van der Waals surface area contributed by atoms with Crippen LogP contribution in [0, 0.1) is 13.8 Å². The van der Waals surface area contributed by atoms with Crippen molar-refractivity contribution in [1.82, 2.24) is 0 Å². The average Bonchev–Trinajstić information content (AvgIpc) is 2.06. The predicted molar refractivity (Wildman–Crippen MR) is 59.5 cm³/mol. The van der Waals surface area contributed by atoms with Gasteiger partial charge in [-0.1, -0.05) is 23.8 Å². The van der Waals surface area contributed by atoms with Crippen LogP contribution in [0.5, 0.6) is 0 Å². The Kier molecular flexibility index (Phi) is 3.78. The Morgan fingerprint density at radius 3 is 2.18 bits per heavy atom. The van der Waals surface area contributed by atoms with Crippen LogP contribution in [-0.2, 0) is 9.05 Å². The lowest BCUT2D eigenvalue weighted by molar-refractivity contribution is -0.131. The summed E-state index contributed by atoms with van der Waals surface area (Å²) < 4.78 is 60.4. The van der Waals surface area contributed by atoms with Crippen LogP contribution in [0.3, 0.4) is 0 Å². The van der Waals surface area contributed by atoms with E-state index in [1.807, 2.05) is 0 Å². The maximum Gasteiger partial charge on any atom is 0.410 e. The summed E-state index contributed by atoms with van der Waals surface area (Å²) in [6, 6.07) is 4.23. The Hall–Kier alpha value is -0.750. The predicted octanol–water partition coefficient (Wildman–Crippen LogP) is 3.48. The molecule has 0 saturated heterocycles. The normalized spacial score (nSPS) is 14.7. The van der Waals surface area contributed by atoms with E-state index in [4.69, 9.17) is 10.7 Å². The summed E-state index contributed by atoms with van der Waals surface area (Å²) in [5, 5.41) is -2.68. The second-order valence-corrected chi connectivity index (χ2v) is 6.47. The van der Waals surface area contributed by atoms with Crippen LogP contribution in [0.15, 0.2) is 18.2 Å². The quantitative estimate of drug-likeness (QED) is 0.780. The zero-order valence-corrected chi connectivity index (χ0v) is 10.6. The molecule has 0 aromatic heterocycles. The Bertz CT molecular complexity index is 523. The molecule has 0 fully saturated rings. The van der Waals surface area contributed by atoms with Gasteiger partial charge in [-0.3, -0.25) is 0 Å². The second kappa shape index (κ2) is 4.49. The lowest BCUT2D eigenvalue weighted by Gasteiger charge is -2.19. The van der Waals surface area contributed by atoms with E-state index in [1.54, 1.807) is 13.0 Å². The first-order chi connectivity index (χ1) is 7.53. The number of hydrogen-bond donors (Lipinski definition) is 0. The minimum atomic E-state index is -4.93. The van der Waals surface area contributed by atoms with Gasteiger partial charge in [0.25, 0.3) is 0 Å². The minimum absolute atomic E-state index is 0.238. The van der Waals surface area contributed by atoms with Crippen LogP contribution in [0.25, 0.3) is 0 Å². The molecule has 1 aromatic rings. The van der Waals surface area contributed by atoms with E-state index >= 15 is 0 Å². The molecule has 17 heavy (non-hydrogen) atoms. The van der Waals surface area contributed by atoms with Crippen molar-refractivity contribution in [3.05, 3.63) is 34.9 Å². The van der Waals surface area contributed by atoms with Gasteiger partial charge in [0.1, 0.15) is 0 Å². The van der Waals surface area contributed by atoms with Gasteiger partial charge in [-0.05, 0) is 25.0 Å². The van der Waals surface area contributed by atoms with E-state index < -0.39 is 20.5 Å². The van der Waals surface area contributed by atoms with Crippen LogP contribution >= 0.6 is 10.7 Å². The first-order valence-electron chi connectivity index (χ1n) is 4.61. The maximum absolute atomic E-state index is 12.7. The van der Waals surface area contributed by atoms with E-state index in [9.17, 15) is 21.6 Å². The number of alkyl halides is 3. The van der Waals surface area contributed by atoms with Crippen LogP contribution in [0.1, 0.15) is 21.9 Å². The standard InChI is InChI=1S/C10H10ClF3O2S/c1-6-3-4-7(2)8(5-6)9(10(12,13)14)17(11,15)16/h3-5,9H,1-2H3. The summed E-state index contributed by atoms with van der Waals surface area (Å²) in [7, 11) is 0.127. The number of halogens is 4. The van der Waals surface area contributed by atoms with E-state index in [0.29, 0.717) is 5.56 Å². The van der Waals surface area contributed by atoms with Crippen LogP contribution in [0.2, 0.25) is 0 Å². The molecule has 1 atom stereocenters. The summed E-state index contributed by atoms with van der Waals surface area (Å²) in [5.41, 5.74) is 0.454. The Morgan fingerprint density at radius 2 is 1.76 bits per heavy atom. The topological polar surface area (TPSA) is 34.1 Å². The van der Waals surface area contributed by atoms with Crippen LogP contribution in [-0.4, -0.2) is 14.6 Å². The molecule has 1 unspecified atom stereocenters. The highest BCUT2D eigenvalue weighted by molar-refractivity contribution is 8.14. The highest BCUT2D eigenvalue weighted by atomic mass is 35.7. The number of aryl methyl sites for hydroxylation is 2. The fourth-order valence-corrected chi connectivity index (χ4v) is 3.00. The number of benzene rings is 1. The summed E-state index contributed by atoms with van der Waals surface area (Å²) in [6.07, 6.45) is -4.93. The van der Waals surface area contributed by atoms with Crippen molar-refractivity contribution in [3.8, 4) is 0 Å². The monoisotopic (exact) mass is 286 g/mol. The molecule has 0 aliphatic heterocycles. The van der Waals surface area contributed by atoms with Crippen molar-refractivity contribution in [2.45, 2.75) is 25.3 Å². The Morgan fingerprint density at radius 1 is 1.24 bits per heavy atom. The molecule has 1 aromatic carbocycles. The van der Waals surface area contributed by atoms with Gasteiger partial charge in [-0.2, -0.15) is 13.2 Å². The fraction of sp³-hybridized carbons (Fsp3) is 0.400. The van der Waals surface area contributed by atoms with Gasteiger partial charge >= 0.3 is 6.18 Å². The summed E-state index contributed by atoms with van der Waals surface area (Å²) in [4.78, 5) is 0. The van der Waals surface area contributed by atoms with Crippen molar-refractivity contribution >= 4 is 19.7 Å². The molecule has 0 bridgehead atoms. The van der Waals surface area contributed by atoms with Gasteiger partial charge in [0, 0.05) is 10.7 Å². The molecule has 0 aliphatic carbocycles. The molecular weight excluding hydrogens is 277 g/mol. The fourth-order valence-electron chi connectivity index (χ4n) is 1.53. The van der Waals surface area contributed by atoms with Crippen LogP contribution < -0.4 is 0 Å². The molecule has 1 rings (SSSR count). The summed E-state index contributed by atoms with van der Waals surface area (Å²) >= 11 is 0. The van der Waals surface area contributed by atoms with E-state index in [0.717, 1.165) is 0 Å². The van der Waals surface area contributed by atoms with E-state index in [-0.39, 0.29) is 11.1 Å². The first-order valence-corrected chi connectivity index (χ1v) is 6.98. The smallest absolute Gasteiger partial charge is 0.211 e. The van der Waals surface area contributed by atoms with E-state index in [1.165, 1.54) is 19.1 Å². The maximum atomic E-state index is 12.7. The molecule has 2 nitrogen and oxygen atoms in total. The molecule has 0 saturated carbocycles. The van der Waals surface area contributed by atoms with Gasteiger partial charge in [0.15, 0.2) is 5.25 Å². The van der Waals surface area contributed by atoms with Crippen molar-refractivity contribution < 1.29 is 21.6 Å². The molecular formula is C10H10ClF3O2S. The lowest BCUT2D eigenvalue weighted by atomic mass is 10.0. The SMILES string of the molecule is Cc1ccc(C)c(C(C(F)(F)F)S(=O)(=O)Cl)c1. The summed E-state index contributed by atoms with van der Waals surface area (Å²) in [5.74, 6) is 0. The molecule has 0 N–H and O–H groups in total. The third-order valence-electron chi connectivity index (χ3n) is 2.30. The number of hydrogen-bond acceptors (Lipinski definition) is 2. The van der Waals surface area contributed by atoms with Crippen molar-refractivity contribution in [2.75, 3.05) is 0 Å².